The van der Waals surface area contributed by atoms with E-state index in [1.54, 1.807) is 24.0 Å². The van der Waals surface area contributed by atoms with E-state index >= 15 is 0 Å². The number of rotatable bonds is 5. The van der Waals surface area contributed by atoms with Crippen LogP contribution in [0.5, 0.6) is 0 Å². The SMILES string of the molecule is CCOC(=O)Cn1c([C@@H]2CC(=O)N(c3ccc(Cl)cc3)C2)nc2ccccc21. The van der Waals surface area contributed by atoms with E-state index < -0.39 is 0 Å². The highest BCUT2D eigenvalue weighted by Gasteiger charge is 2.35. The Hall–Kier alpha value is -2.86. The van der Waals surface area contributed by atoms with Gasteiger partial charge in [-0.05, 0) is 43.3 Å². The first kappa shape index (κ1) is 18.5. The number of amides is 1. The largest absolute Gasteiger partial charge is 0.465 e. The van der Waals surface area contributed by atoms with Gasteiger partial charge in [-0.25, -0.2) is 4.98 Å². The van der Waals surface area contributed by atoms with Crippen molar-refractivity contribution in [2.24, 2.45) is 0 Å². The Morgan fingerprint density at radius 3 is 2.71 bits per heavy atom. The molecule has 2 heterocycles. The molecule has 0 N–H and O–H groups in total. The second-order valence-corrected chi connectivity index (χ2v) is 7.17. The van der Waals surface area contributed by atoms with E-state index in [0.717, 1.165) is 22.5 Å². The van der Waals surface area contributed by atoms with Crippen LogP contribution in [-0.4, -0.2) is 34.6 Å². The van der Waals surface area contributed by atoms with Gasteiger partial charge >= 0.3 is 5.97 Å². The fraction of sp³-hybridized carbons (Fsp3) is 0.286. The van der Waals surface area contributed by atoms with Gasteiger partial charge in [0.05, 0.1) is 17.6 Å². The van der Waals surface area contributed by atoms with Crippen molar-refractivity contribution in [2.45, 2.75) is 25.8 Å². The van der Waals surface area contributed by atoms with Gasteiger partial charge in [0.1, 0.15) is 12.4 Å². The Balaban J connectivity index is 1.68. The van der Waals surface area contributed by atoms with Gasteiger partial charge in [-0.3, -0.25) is 9.59 Å². The van der Waals surface area contributed by atoms with Crippen molar-refractivity contribution in [2.75, 3.05) is 18.1 Å². The average molecular weight is 398 g/mol. The maximum absolute atomic E-state index is 12.7. The van der Waals surface area contributed by atoms with Crippen molar-refractivity contribution in [3.63, 3.8) is 0 Å². The summed E-state index contributed by atoms with van der Waals surface area (Å²) >= 11 is 5.96. The number of benzene rings is 2. The fourth-order valence-electron chi connectivity index (χ4n) is 3.66. The first-order chi connectivity index (χ1) is 13.6. The molecule has 7 heteroatoms. The molecule has 1 amide bonds. The molecule has 28 heavy (non-hydrogen) atoms. The summed E-state index contributed by atoms with van der Waals surface area (Å²) in [6.07, 6.45) is 0.342. The van der Waals surface area contributed by atoms with Crippen LogP contribution >= 0.6 is 11.6 Å². The van der Waals surface area contributed by atoms with Crippen molar-refractivity contribution in [3.05, 3.63) is 59.4 Å². The van der Waals surface area contributed by atoms with Crippen LogP contribution in [-0.2, 0) is 20.9 Å². The summed E-state index contributed by atoms with van der Waals surface area (Å²) in [6, 6.07) is 14.9. The Labute approximate surface area is 167 Å². The zero-order valence-electron chi connectivity index (χ0n) is 15.5. The van der Waals surface area contributed by atoms with Gasteiger partial charge in [-0.15, -0.1) is 0 Å². The van der Waals surface area contributed by atoms with E-state index in [0.29, 0.717) is 24.6 Å². The summed E-state index contributed by atoms with van der Waals surface area (Å²) in [5.41, 5.74) is 2.48. The normalized spacial score (nSPS) is 16.7. The summed E-state index contributed by atoms with van der Waals surface area (Å²) in [7, 11) is 0. The van der Waals surface area contributed by atoms with Gasteiger partial charge in [0, 0.05) is 29.6 Å². The lowest BCUT2D eigenvalue weighted by Crippen LogP contribution is -2.24. The molecule has 0 unspecified atom stereocenters. The number of aromatic nitrogens is 2. The molecule has 1 atom stereocenters. The van der Waals surface area contributed by atoms with E-state index in [2.05, 4.69) is 0 Å². The molecule has 1 fully saturated rings. The number of esters is 1. The molecule has 0 aliphatic carbocycles. The molecule has 0 saturated carbocycles. The van der Waals surface area contributed by atoms with Crippen molar-refractivity contribution in [3.8, 4) is 0 Å². The van der Waals surface area contributed by atoms with E-state index in [-0.39, 0.29) is 24.3 Å². The molecule has 1 aliphatic heterocycles. The Kier molecular flexibility index (Phi) is 5.05. The number of halogens is 1. The molecule has 1 saturated heterocycles. The molecule has 144 valence electrons. The van der Waals surface area contributed by atoms with Crippen LogP contribution < -0.4 is 4.90 Å². The number of ether oxygens (including phenoxy) is 1. The standard InChI is InChI=1S/C21H20ClN3O3/c1-2-28-20(27)13-25-18-6-4-3-5-17(18)23-21(25)14-11-19(26)24(12-14)16-9-7-15(22)8-10-16/h3-10,14H,2,11-13H2,1H3/t14-/m1/s1. The van der Waals surface area contributed by atoms with Crippen molar-refractivity contribution in [1.82, 2.24) is 9.55 Å². The zero-order chi connectivity index (χ0) is 19.7. The predicted molar refractivity (Wildman–Crippen MR) is 108 cm³/mol. The number of imidazole rings is 1. The van der Waals surface area contributed by atoms with Gasteiger partial charge in [0.15, 0.2) is 0 Å². The number of hydrogen-bond acceptors (Lipinski definition) is 4. The number of carbonyl (C=O) groups is 2. The van der Waals surface area contributed by atoms with Crippen LogP contribution in [0.1, 0.15) is 25.1 Å². The number of anilines is 1. The van der Waals surface area contributed by atoms with Crippen molar-refractivity contribution in [1.29, 1.82) is 0 Å². The van der Waals surface area contributed by atoms with E-state index in [9.17, 15) is 9.59 Å². The van der Waals surface area contributed by atoms with Crippen LogP contribution in [0, 0.1) is 0 Å². The smallest absolute Gasteiger partial charge is 0.326 e. The molecule has 1 aromatic heterocycles. The van der Waals surface area contributed by atoms with E-state index in [1.807, 2.05) is 41.0 Å². The maximum atomic E-state index is 12.7. The molecule has 3 aromatic rings. The lowest BCUT2D eigenvalue weighted by molar-refractivity contribution is -0.143. The number of para-hydroxylation sites is 2. The number of nitrogens with zero attached hydrogens (tertiary/aromatic N) is 3. The first-order valence-corrected chi connectivity index (χ1v) is 9.61. The Morgan fingerprint density at radius 1 is 1.21 bits per heavy atom. The molecule has 6 nitrogen and oxygen atoms in total. The molecule has 0 radical (unpaired) electrons. The third kappa shape index (κ3) is 3.47. The average Bonchev–Trinajstić information content (AvgIpc) is 3.24. The predicted octanol–water partition coefficient (Wildman–Crippen LogP) is 3.77. The molecule has 1 aliphatic rings. The van der Waals surface area contributed by atoms with Crippen LogP contribution in [0.4, 0.5) is 5.69 Å². The second kappa shape index (κ2) is 7.64. The molecule has 4 rings (SSSR count). The molecule has 0 bridgehead atoms. The Bertz CT molecular complexity index is 1030. The van der Waals surface area contributed by atoms with Crippen LogP contribution in [0.25, 0.3) is 11.0 Å². The quantitative estimate of drug-likeness (QED) is 0.615. The minimum absolute atomic E-state index is 0.0297. The lowest BCUT2D eigenvalue weighted by Gasteiger charge is -2.17. The first-order valence-electron chi connectivity index (χ1n) is 9.23. The summed E-state index contributed by atoms with van der Waals surface area (Å²) in [6.45, 7) is 2.69. The summed E-state index contributed by atoms with van der Waals surface area (Å²) < 4.78 is 7.00. The Morgan fingerprint density at radius 2 is 1.96 bits per heavy atom. The van der Waals surface area contributed by atoms with E-state index in [4.69, 9.17) is 21.3 Å². The lowest BCUT2D eigenvalue weighted by atomic mass is 10.1. The minimum atomic E-state index is -0.314. The second-order valence-electron chi connectivity index (χ2n) is 6.73. The maximum Gasteiger partial charge on any atom is 0.326 e. The van der Waals surface area contributed by atoms with Crippen molar-refractivity contribution >= 4 is 40.2 Å². The zero-order valence-corrected chi connectivity index (χ0v) is 16.2. The van der Waals surface area contributed by atoms with Gasteiger partial charge in [0.25, 0.3) is 0 Å². The van der Waals surface area contributed by atoms with Crippen LogP contribution in [0.2, 0.25) is 5.02 Å². The highest BCUT2D eigenvalue weighted by atomic mass is 35.5. The summed E-state index contributed by atoms with van der Waals surface area (Å²) in [5.74, 6) is 0.344. The number of carbonyl (C=O) groups excluding carboxylic acids is 2. The van der Waals surface area contributed by atoms with E-state index in [1.165, 1.54) is 0 Å². The van der Waals surface area contributed by atoms with Gasteiger partial charge in [0.2, 0.25) is 5.91 Å². The number of hydrogen-bond donors (Lipinski definition) is 0. The minimum Gasteiger partial charge on any atom is -0.465 e. The van der Waals surface area contributed by atoms with Gasteiger partial charge in [-0.1, -0.05) is 23.7 Å². The highest BCUT2D eigenvalue weighted by molar-refractivity contribution is 6.30. The van der Waals surface area contributed by atoms with Crippen LogP contribution in [0.15, 0.2) is 48.5 Å². The fourth-order valence-corrected chi connectivity index (χ4v) is 3.78. The number of fused-ring (bicyclic) bond motifs is 1. The third-order valence-corrected chi connectivity index (χ3v) is 5.16. The van der Waals surface area contributed by atoms with Gasteiger partial charge in [-0.2, -0.15) is 0 Å². The highest BCUT2D eigenvalue weighted by Crippen LogP contribution is 2.33. The molecular weight excluding hydrogens is 378 g/mol. The molecule has 2 aromatic carbocycles. The summed E-state index contributed by atoms with van der Waals surface area (Å²) in [4.78, 5) is 31.3. The monoisotopic (exact) mass is 397 g/mol. The van der Waals surface area contributed by atoms with Crippen LogP contribution in [0.3, 0.4) is 0 Å². The summed E-state index contributed by atoms with van der Waals surface area (Å²) in [5, 5.41) is 0.628. The molecule has 0 spiro atoms. The van der Waals surface area contributed by atoms with Crippen molar-refractivity contribution < 1.29 is 14.3 Å². The van der Waals surface area contributed by atoms with Gasteiger partial charge < -0.3 is 14.2 Å². The third-order valence-electron chi connectivity index (χ3n) is 4.91. The topological polar surface area (TPSA) is 64.4 Å². The molecular formula is C21H20ClN3O3.